The Kier molecular flexibility index (Phi) is 4.67. The standard InChI is InChI=1S/C13H12Cl2NP/c14-11-17(15)16(12-7-3-1-4-8-12)13-9-5-2-6-10-13/h1-10H,11H2. The van der Waals surface area contributed by atoms with Crippen LogP contribution in [-0.2, 0) is 0 Å². The van der Waals surface area contributed by atoms with E-state index in [1.54, 1.807) is 0 Å². The van der Waals surface area contributed by atoms with Gasteiger partial charge in [0.25, 0.3) is 0 Å². The Bertz CT molecular complexity index is 410. The molecule has 2 aromatic rings. The van der Waals surface area contributed by atoms with Crippen LogP contribution in [0.25, 0.3) is 0 Å². The van der Waals surface area contributed by atoms with E-state index in [0.29, 0.717) is 5.62 Å². The predicted molar refractivity (Wildman–Crippen MR) is 78.5 cm³/mol. The lowest BCUT2D eigenvalue weighted by Gasteiger charge is -2.27. The Morgan fingerprint density at radius 2 is 1.24 bits per heavy atom. The van der Waals surface area contributed by atoms with Crippen LogP contribution in [0.5, 0.6) is 0 Å². The van der Waals surface area contributed by atoms with Gasteiger partial charge in [0.05, 0.1) is 5.62 Å². The molecule has 2 aromatic carbocycles. The van der Waals surface area contributed by atoms with Crippen molar-refractivity contribution in [2.75, 3.05) is 10.3 Å². The molecule has 0 aromatic heterocycles. The van der Waals surface area contributed by atoms with Crippen LogP contribution in [0.1, 0.15) is 0 Å². The van der Waals surface area contributed by atoms with Crippen molar-refractivity contribution in [2.45, 2.75) is 0 Å². The molecule has 0 N–H and O–H groups in total. The molecule has 0 bridgehead atoms. The van der Waals surface area contributed by atoms with Crippen LogP contribution in [0.3, 0.4) is 0 Å². The Balaban J connectivity index is 2.39. The van der Waals surface area contributed by atoms with E-state index in [1.165, 1.54) is 0 Å². The van der Waals surface area contributed by atoms with Gasteiger partial charge in [-0.05, 0) is 24.3 Å². The van der Waals surface area contributed by atoms with Gasteiger partial charge in [-0.2, -0.15) is 0 Å². The van der Waals surface area contributed by atoms with E-state index < -0.39 is 7.43 Å². The third kappa shape index (κ3) is 3.13. The maximum Gasteiger partial charge on any atom is 0.109 e. The molecule has 0 aliphatic heterocycles. The highest BCUT2D eigenvalue weighted by molar-refractivity contribution is 7.86. The van der Waals surface area contributed by atoms with Gasteiger partial charge in [-0.25, -0.2) is 0 Å². The van der Waals surface area contributed by atoms with Crippen molar-refractivity contribution in [3.05, 3.63) is 60.7 Å². The molecule has 2 rings (SSSR count). The second-order valence-electron chi connectivity index (χ2n) is 3.44. The van der Waals surface area contributed by atoms with Gasteiger partial charge in [0.2, 0.25) is 0 Å². The first-order valence-electron chi connectivity index (χ1n) is 5.22. The zero-order valence-corrected chi connectivity index (χ0v) is 11.5. The van der Waals surface area contributed by atoms with Gasteiger partial charge in [0.15, 0.2) is 0 Å². The van der Waals surface area contributed by atoms with Crippen LogP contribution in [0.4, 0.5) is 11.4 Å². The summed E-state index contributed by atoms with van der Waals surface area (Å²) in [6, 6.07) is 20.1. The van der Waals surface area contributed by atoms with Crippen LogP contribution in [0.2, 0.25) is 0 Å². The summed E-state index contributed by atoms with van der Waals surface area (Å²) in [5, 5.41) is 0. The number of para-hydroxylation sites is 2. The normalized spacial score (nSPS) is 12.1. The fourth-order valence-electron chi connectivity index (χ4n) is 1.59. The minimum atomic E-state index is -0.923. The summed E-state index contributed by atoms with van der Waals surface area (Å²) in [7, 11) is -0.923. The van der Waals surface area contributed by atoms with E-state index in [1.807, 2.05) is 60.7 Å². The fraction of sp³-hybridized carbons (Fsp3) is 0.0769. The Morgan fingerprint density at radius 1 is 0.824 bits per heavy atom. The Labute approximate surface area is 113 Å². The summed E-state index contributed by atoms with van der Waals surface area (Å²) >= 11 is 12.3. The van der Waals surface area contributed by atoms with Crippen molar-refractivity contribution in [1.82, 2.24) is 0 Å². The highest BCUT2D eigenvalue weighted by Crippen LogP contribution is 2.53. The third-order valence-electron chi connectivity index (χ3n) is 2.32. The molecule has 0 aliphatic carbocycles. The third-order valence-corrected chi connectivity index (χ3v) is 5.27. The molecule has 1 unspecified atom stereocenters. The second kappa shape index (κ2) is 6.26. The van der Waals surface area contributed by atoms with E-state index in [0.717, 1.165) is 11.4 Å². The summed E-state index contributed by atoms with van der Waals surface area (Å²) in [4.78, 5) is 0. The molecule has 0 saturated carbocycles. The topological polar surface area (TPSA) is 3.24 Å². The predicted octanol–water partition coefficient (Wildman–Crippen LogP) is 5.57. The quantitative estimate of drug-likeness (QED) is 0.524. The number of alkyl halides is 1. The number of hydrogen-bond donors (Lipinski definition) is 0. The molecule has 0 radical (unpaired) electrons. The maximum absolute atomic E-state index is 6.36. The average molecular weight is 284 g/mol. The number of benzene rings is 2. The lowest BCUT2D eigenvalue weighted by molar-refractivity contribution is 1.42. The minimum Gasteiger partial charge on any atom is -0.306 e. The highest BCUT2D eigenvalue weighted by atomic mass is 35.7. The zero-order chi connectivity index (χ0) is 12.1. The zero-order valence-electron chi connectivity index (χ0n) is 9.13. The number of anilines is 2. The van der Waals surface area contributed by atoms with Crippen LogP contribution in [0, 0.1) is 0 Å². The summed E-state index contributed by atoms with van der Waals surface area (Å²) in [5.74, 6) is 0. The van der Waals surface area contributed by atoms with Crippen molar-refractivity contribution in [3.63, 3.8) is 0 Å². The largest absolute Gasteiger partial charge is 0.306 e. The van der Waals surface area contributed by atoms with E-state index in [2.05, 4.69) is 4.67 Å². The van der Waals surface area contributed by atoms with Gasteiger partial charge in [-0.15, -0.1) is 11.6 Å². The first-order valence-corrected chi connectivity index (χ1v) is 8.14. The van der Waals surface area contributed by atoms with Crippen molar-refractivity contribution in [1.29, 1.82) is 0 Å². The van der Waals surface area contributed by atoms with Gasteiger partial charge in [0.1, 0.15) is 7.43 Å². The maximum atomic E-state index is 6.36. The first-order chi connectivity index (χ1) is 8.33. The van der Waals surface area contributed by atoms with E-state index >= 15 is 0 Å². The van der Waals surface area contributed by atoms with Gasteiger partial charge in [0, 0.05) is 11.4 Å². The van der Waals surface area contributed by atoms with Gasteiger partial charge >= 0.3 is 0 Å². The second-order valence-corrected chi connectivity index (χ2v) is 6.64. The van der Waals surface area contributed by atoms with E-state index in [4.69, 9.17) is 22.8 Å². The molecule has 0 heterocycles. The van der Waals surface area contributed by atoms with Gasteiger partial charge < -0.3 is 4.67 Å². The molecule has 88 valence electrons. The van der Waals surface area contributed by atoms with Crippen LogP contribution < -0.4 is 4.67 Å². The van der Waals surface area contributed by atoms with Crippen LogP contribution >= 0.6 is 30.3 Å². The minimum absolute atomic E-state index is 0.431. The number of nitrogens with zero attached hydrogens (tertiary/aromatic N) is 1. The van der Waals surface area contributed by atoms with Crippen molar-refractivity contribution in [2.24, 2.45) is 0 Å². The van der Waals surface area contributed by atoms with Crippen LogP contribution in [-0.4, -0.2) is 5.62 Å². The van der Waals surface area contributed by atoms with Gasteiger partial charge in [-0.1, -0.05) is 47.6 Å². The molecule has 4 heteroatoms. The van der Waals surface area contributed by atoms with Crippen LogP contribution in [0.15, 0.2) is 60.7 Å². The van der Waals surface area contributed by atoms with E-state index in [-0.39, 0.29) is 0 Å². The summed E-state index contributed by atoms with van der Waals surface area (Å²) in [5.41, 5.74) is 2.57. The summed E-state index contributed by atoms with van der Waals surface area (Å²) in [6.07, 6.45) is 0. The molecule has 0 fully saturated rings. The monoisotopic (exact) mass is 283 g/mol. The smallest absolute Gasteiger partial charge is 0.109 e. The highest BCUT2D eigenvalue weighted by Gasteiger charge is 2.17. The molecule has 0 spiro atoms. The number of rotatable bonds is 4. The number of halogens is 2. The summed E-state index contributed by atoms with van der Waals surface area (Å²) < 4.78 is 2.09. The Morgan fingerprint density at radius 3 is 1.59 bits per heavy atom. The molecule has 17 heavy (non-hydrogen) atoms. The van der Waals surface area contributed by atoms with Crippen molar-refractivity contribution < 1.29 is 0 Å². The molecule has 1 nitrogen and oxygen atoms in total. The summed E-state index contributed by atoms with van der Waals surface area (Å²) in [6.45, 7) is 0. The SMILES string of the molecule is ClCP(Cl)N(c1ccccc1)c1ccccc1. The lowest BCUT2D eigenvalue weighted by atomic mass is 10.3. The fourth-order valence-corrected chi connectivity index (χ4v) is 3.31. The van der Waals surface area contributed by atoms with Crippen molar-refractivity contribution in [3.8, 4) is 0 Å². The van der Waals surface area contributed by atoms with E-state index in [9.17, 15) is 0 Å². The molecular weight excluding hydrogens is 272 g/mol. The molecular formula is C13H12Cl2NP. The van der Waals surface area contributed by atoms with Gasteiger partial charge in [-0.3, -0.25) is 0 Å². The number of hydrogen-bond acceptors (Lipinski definition) is 1. The van der Waals surface area contributed by atoms with Crippen molar-refractivity contribution >= 4 is 41.6 Å². The molecule has 1 atom stereocenters. The molecule has 0 saturated heterocycles. The Hall–Kier alpha value is -0.750. The molecule has 0 aliphatic rings. The molecule has 0 amide bonds. The first kappa shape index (κ1) is 12.7. The average Bonchev–Trinajstić information content (AvgIpc) is 2.41. The lowest BCUT2D eigenvalue weighted by Crippen LogP contribution is -2.07.